The van der Waals surface area contributed by atoms with Gasteiger partial charge in [0.2, 0.25) is 0 Å². The zero-order valence-electron chi connectivity index (χ0n) is 15.2. The fourth-order valence-electron chi connectivity index (χ4n) is 4.91. The maximum atomic E-state index is 12.8. The third-order valence-corrected chi connectivity index (χ3v) is 5.47. The van der Waals surface area contributed by atoms with E-state index in [0.717, 1.165) is 24.8 Å². The topological polar surface area (TPSA) is 40.6 Å². The van der Waals surface area contributed by atoms with E-state index in [1.807, 2.05) is 35.2 Å². The fraction of sp³-hybridized carbons (Fsp3) is 0.600. The second-order valence-corrected chi connectivity index (χ2v) is 8.79. The van der Waals surface area contributed by atoms with Crippen molar-refractivity contribution in [1.82, 2.24) is 9.80 Å². The van der Waals surface area contributed by atoms with Crippen molar-refractivity contribution in [1.29, 1.82) is 0 Å². The van der Waals surface area contributed by atoms with E-state index in [2.05, 4.69) is 20.8 Å². The van der Waals surface area contributed by atoms with Crippen LogP contribution in [0.25, 0.3) is 0 Å². The number of benzene rings is 1. The number of carbonyl (C=O) groups excluding carboxylic acids is 2. The van der Waals surface area contributed by atoms with Gasteiger partial charge in [0.1, 0.15) is 0 Å². The van der Waals surface area contributed by atoms with Gasteiger partial charge in [-0.25, -0.2) is 0 Å². The number of fused-ring (bicyclic) bond motifs is 2. The van der Waals surface area contributed by atoms with E-state index in [-0.39, 0.29) is 22.8 Å². The lowest BCUT2D eigenvalue weighted by Gasteiger charge is -2.39. The summed E-state index contributed by atoms with van der Waals surface area (Å²) < 4.78 is 0. The lowest BCUT2D eigenvalue weighted by molar-refractivity contribution is -0.152. The second-order valence-electron chi connectivity index (χ2n) is 8.79. The molecule has 24 heavy (non-hydrogen) atoms. The van der Waals surface area contributed by atoms with Gasteiger partial charge < -0.3 is 9.80 Å². The normalized spacial score (nSPS) is 27.8. The SMILES string of the molecule is CN(Cc1ccccc1)C(=O)C(=O)N1CC2(C)CC1CC(C)(C)C2. The van der Waals surface area contributed by atoms with Crippen molar-refractivity contribution in [2.75, 3.05) is 13.6 Å². The zero-order chi connectivity index (χ0) is 17.5. The lowest BCUT2D eigenvalue weighted by Crippen LogP contribution is -2.46. The first-order chi connectivity index (χ1) is 11.2. The molecule has 1 saturated carbocycles. The molecule has 2 bridgehead atoms. The Balaban J connectivity index is 1.69. The number of nitrogens with zero attached hydrogens (tertiary/aromatic N) is 2. The average molecular weight is 328 g/mol. The molecule has 3 rings (SSSR count). The van der Waals surface area contributed by atoms with Gasteiger partial charge >= 0.3 is 11.8 Å². The van der Waals surface area contributed by atoms with Crippen LogP contribution in [0.2, 0.25) is 0 Å². The average Bonchev–Trinajstić information content (AvgIpc) is 2.75. The molecule has 0 radical (unpaired) electrons. The van der Waals surface area contributed by atoms with Crippen LogP contribution in [0.5, 0.6) is 0 Å². The smallest absolute Gasteiger partial charge is 0.312 e. The highest BCUT2D eigenvalue weighted by atomic mass is 16.2. The van der Waals surface area contributed by atoms with Gasteiger partial charge in [-0.15, -0.1) is 0 Å². The number of likely N-dealkylation sites (tertiary alicyclic amines) is 1. The van der Waals surface area contributed by atoms with Crippen LogP contribution in [0, 0.1) is 10.8 Å². The van der Waals surface area contributed by atoms with Crippen LogP contribution in [0.15, 0.2) is 30.3 Å². The Bertz CT molecular complexity index is 640. The molecular formula is C20H28N2O2. The molecule has 0 aromatic heterocycles. The van der Waals surface area contributed by atoms with E-state index in [1.54, 1.807) is 7.05 Å². The van der Waals surface area contributed by atoms with E-state index in [0.29, 0.717) is 13.1 Å². The van der Waals surface area contributed by atoms with Crippen molar-refractivity contribution in [3.05, 3.63) is 35.9 Å². The first-order valence-corrected chi connectivity index (χ1v) is 8.79. The minimum Gasteiger partial charge on any atom is -0.333 e. The summed E-state index contributed by atoms with van der Waals surface area (Å²) in [7, 11) is 1.71. The molecule has 4 nitrogen and oxygen atoms in total. The maximum absolute atomic E-state index is 12.8. The Kier molecular flexibility index (Phi) is 4.18. The number of hydrogen-bond acceptors (Lipinski definition) is 2. The summed E-state index contributed by atoms with van der Waals surface area (Å²) in [5.41, 5.74) is 1.43. The van der Waals surface area contributed by atoms with Crippen LogP contribution in [0.4, 0.5) is 0 Å². The summed E-state index contributed by atoms with van der Waals surface area (Å²) in [6.07, 6.45) is 3.14. The van der Waals surface area contributed by atoms with Gasteiger partial charge in [-0.05, 0) is 35.7 Å². The molecule has 1 aromatic rings. The molecule has 1 aliphatic carbocycles. The van der Waals surface area contributed by atoms with Gasteiger partial charge in [0, 0.05) is 26.2 Å². The first-order valence-electron chi connectivity index (χ1n) is 8.79. The first kappa shape index (κ1) is 17.0. The summed E-state index contributed by atoms with van der Waals surface area (Å²) in [5, 5.41) is 0. The van der Waals surface area contributed by atoms with E-state index in [9.17, 15) is 9.59 Å². The van der Waals surface area contributed by atoms with Gasteiger partial charge in [-0.2, -0.15) is 0 Å². The van der Waals surface area contributed by atoms with Crippen LogP contribution in [-0.4, -0.2) is 41.2 Å². The Labute approximate surface area is 144 Å². The molecule has 1 aromatic carbocycles. The number of amides is 2. The van der Waals surface area contributed by atoms with E-state index < -0.39 is 5.91 Å². The molecule has 0 N–H and O–H groups in total. The summed E-state index contributed by atoms with van der Waals surface area (Å²) in [4.78, 5) is 28.8. The standard InChI is InChI=1S/C20H28N2O2/c1-19(2)10-16-11-20(3,13-19)14-22(16)18(24)17(23)21(4)12-15-8-6-5-7-9-15/h5-9,16H,10-14H2,1-4H3. The molecule has 1 heterocycles. The molecule has 130 valence electrons. The Hall–Kier alpha value is -1.84. The van der Waals surface area contributed by atoms with Gasteiger partial charge in [-0.3, -0.25) is 9.59 Å². The van der Waals surface area contributed by atoms with Crippen LogP contribution in [-0.2, 0) is 16.1 Å². The third-order valence-electron chi connectivity index (χ3n) is 5.47. The fourth-order valence-corrected chi connectivity index (χ4v) is 4.91. The van der Waals surface area contributed by atoms with E-state index >= 15 is 0 Å². The number of hydrogen-bond donors (Lipinski definition) is 0. The van der Waals surface area contributed by atoms with Crippen molar-refractivity contribution in [2.24, 2.45) is 10.8 Å². The van der Waals surface area contributed by atoms with Crippen LogP contribution in [0.3, 0.4) is 0 Å². The van der Waals surface area contributed by atoms with Crippen LogP contribution in [0.1, 0.15) is 45.6 Å². The highest BCUT2D eigenvalue weighted by Gasteiger charge is 2.52. The second kappa shape index (κ2) is 5.91. The minimum absolute atomic E-state index is 0.153. The number of carbonyl (C=O) groups is 2. The summed E-state index contributed by atoms with van der Waals surface area (Å²) in [6, 6.07) is 10.00. The van der Waals surface area contributed by atoms with E-state index in [4.69, 9.17) is 0 Å². The molecule has 2 unspecified atom stereocenters. The molecule has 2 atom stereocenters. The van der Waals surface area contributed by atoms with Gasteiger partial charge in [0.15, 0.2) is 0 Å². The van der Waals surface area contributed by atoms with Crippen molar-refractivity contribution < 1.29 is 9.59 Å². The summed E-state index contributed by atoms with van der Waals surface area (Å²) in [5.74, 6) is -0.729. The number of rotatable bonds is 2. The minimum atomic E-state index is -0.396. The predicted molar refractivity (Wildman–Crippen MR) is 94.2 cm³/mol. The molecule has 4 heteroatoms. The van der Waals surface area contributed by atoms with Crippen molar-refractivity contribution >= 4 is 11.8 Å². The van der Waals surface area contributed by atoms with Crippen LogP contribution < -0.4 is 0 Å². The quantitative estimate of drug-likeness (QED) is 0.783. The zero-order valence-corrected chi connectivity index (χ0v) is 15.2. The highest BCUT2D eigenvalue weighted by molar-refractivity contribution is 6.34. The van der Waals surface area contributed by atoms with E-state index in [1.165, 1.54) is 4.90 Å². The maximum Gasteiger partial charge on any atom is 0.312 e. The lowest BCUT2D eigenvalue weighted by atomic mass is 9.65. The molecule has 2 aliphatic rings. The molecule has 0 spiro atoms. The molecule has 2 amide bonds. The summed E-state index contributed by atoms with van der Waals surface area (Å²) >= 11 is 0. The van der Waals surface area contributed by atoms with Crippen molar-refractivity contribution in [2.45, 2.75) is 52.6 Å². The molecule has 1 aliphatic heterocycles. The Morgan fingerprint density at radius 2 is 1.83 bits per heavy atom. The number of likely N-dealkylation sites (N-methyl/N-ethyl adjacent to an activating group) is 1. The molecular weight excluding hydrogens is 300 g/mol. The molecule has 2 fully saturated rings. The molecule has 1 saturated heterocycles. The third kappa shape index (κ3) is 3.33. The largest absolute Gasteiger partial charge is 0.333 e. The Morgan fingerprint density at radius 1 is 1.17 bits per heavy atom. The summed E-state index contributed by atoms with van der Waals surface area (Å²) in [6.45, 7) is 7.98. The highest BCUT2D eigenvalue weighted by Crippen LogP contribution is 2.52. The van der Waals surface area contributed by atoms with Gasteiger partial charge in [0.05, 0.1) is 0 Å². The Morgan fingerprint density at radius 3 is 2.50 bits per heavy atom. The van der Waals surface area contributed by atoms with Crippen LogP contribution >= 0.6 is 0 Å². The monoisotopic (exact) mass is 328 g/mol. The predicted octanol–water partition coefficient (Wildman–Crippen LogP) is 3.07. The van der Waals surface area contributed by atoms with Crippen molar-refractivity contribution in [3.63, 3.8) is 0 Å². The van der Waals surface area contributed by atoms with Crippen molar-refractivity contribution in [3.8, 4) is 0 Å². The van der Waals surface area contributed by atoms with Gasteiger partial charge in [0.25, 0.3) is 0 Å². The van der Waals surface area contributed by atoms with Gasteiger partial charge in [-0.1, -0.05) is 51.1 Å².